The lowest BCUT2D eigenvalue weighted by molar-refractivity contribution is -0.116. The van der Waals surface area contributed by atoms with Crippen molar-refractivity contribution in [2.75, 3.05) is 28.6 Å². The second kappa shape index (κ2) is 12.4. The molecule has 3 aromatic heterocycles. The number of hydrogen-bond donors (Lipinski definition) is 2. The quantitative estimate of drug-likeness (QED) is 0.255. The molecule has 43 heavy (non-hydrogen) atoms. The number of nitrogens with one attached hydrogen (secondary N) is 2. The molecule has 0 bridgehead atoms. The molecule has 2 aliphatic rings. The molecule has 14 heteroatoms. The fraction of sp³-hybridized carbons (Fsp3) is 0.414. The highest BCUT2D eigenvalue weighted by atomic mass is 32.1. The van der Waals surface area contributed by atoms with Crippen LogP contribution in [-0.2, 0) is 22.4 Å². The number of anilines is 3. The Bertz CT molecular complexity index is 1620. The number of rotatable bonds is 9. The third-order valence-electron chi connectivity index (χ3n) is 7.50. The zero-order valence-electron chi connectivity index (χ0n) is 23.4. The average Bonchev–Trinajstić information content (AvgIpc) is 3.62. The summed E-state index contributed by atoms with van der Waals surface area (Å²) in [6.45, 7) is 1.27. The molecule has 1 aromatic carbocycles. The topological polar surface area (TPSA) is 126 Å². The van der Waals surface area contributed by atoms with Crippen molar-refractivity contribution in [2.45, 2.75) is 63.2 Å². The van der Waals surface area contributed by atoms with Crippen molar-refractivity contribution in [1.29, 1.82) is 0 Å². The van der Waals surface area contributed by atoms with E-state index in [4.69, 9.17) is 0 Å². The van der Waals surface area contributed by atoms with Crippen LogP contribution in [0.4, 0.5) is 24.9 Å². The molecule has 1 aliphatic carbocycles. The summed E-state index contributed by atoms with van der Waals surface area (Å²) in [5.41, 5.74) is 2.56. The third kappa shape index (κ3) is 7.36. The van der Waals surface area contributed by atoms with E-state index in [1.807, 2.05) is 31.2 Å². The number of benzene rings is 1. The Morgan fingerprint density at radius 2 is 1.53 bits per heavy atom. The predicted molar refractivity (Wildman–Crippen MR) is 161 cm³/mol. The minimum absolute atomic E-state index is 0.000598. The van der Waals surface area contributed by atoms with Crippen LogP contribution in [0.1, 0.15) is 64.4 Å². The number of aromatic nitrogens is 5. The van der Waals surface area contributed by atoms with Gasteiger partial charge < -0.3 is 15.5 Å². The van der Waals surface area contributed by atoms with Crippen molar-refractivity contribution in [3.63, 3.8) is 0 Å². The van der Waals surface area contributed by atoms with Crippen LogP contribution in [0.2, 0.25) is 0 Å². The van der Waals surface area contributed by atoms with Gasteiger partial charge in [0.1, 0.15) is 15.8 Å². The van der Waals surface area contributed by atoms with Crippen molar-refractivity contribution < 1.29 is 18.4 Å². The maximum atomic E-state index is 13.2. The first-order chi connectivity index (χ1) is 20.7. The molecular weight excluding hydrogens is 595 g/mol. The number of halogens is 2. The molecule has 1 aliphatic heterocycles. The van der Waals surface area contributed by atoms with Gasteiger partial charge in [0, 0.05) is 11.8 Å². The molecule has 6 rings (SSSR count). The van der Waals surface area contributed by atoms with Crippen LogP contribution in [0.15, 0.2) is 42.5 Å². The number of hydrogen-bond acceptors (Lipinski definition) is 10. The van der Waals surface area contributed by atoms with Gasteiger partial charge in [0.05, 0.1) is 31.6 Å². The summed E-state index contributed by atoms with van der Waals surface area (Å²) in [6, 6.07) is 12.9. The summed E-state index contributed by atoms with van der Waals surface area (Å²) in [6.07, 6.45) is 4.05. The van der Waals surface area contributed by atoms with Crippen LogP contribution in [0.5, 0.6) is 0 Å². The monoisotopic (exact) mass is 624 g/mol. The molecule has 1 saturated heterocycles. The summed E-state index contributed by atoms with van der Waals surface area (Å²) >= 11 is 2.77. The molecule has 2 N–H and O–H groups in total. The lowest BCUT2D eigenvalue weighted by Crippen LogP contribution is -2.56. The number of amides is 2. The highest BCUT2D eigenvalue weighted by molar-refractivity contribution is 7.15. The van der Waals surface area contributed by atoms with Gasteiger partial charge in [-0.05, 0) is 43.9 Å². The lowest BCUT2D eigenvalue weighted by Gasteiger charge is -2.39. The van der Waals surface area contributed by atoms with E-state index in [2.05, 4.69) is 36.0 Å². The first kappa shape index (κ1) is 29.2. The van der Waals surface area contributed by atoms with Crippen LogP contribution in [0.25, 0.3) is 0 Å². The van der Waals surface area contributed by atoms with E-state index in [9.17, 15) is 18.4 Å². The summed E-state index contributed by atoms with van der Waals surface area (Å²) < 4.78 is 26.4. The van der Waals surface area contributed by atoms with Crippen LogP contribution in [0.3, 0.4) is 0 Å². The van der Waals surface area contributed by atoms with E-state index in [-0.39, 0.29) is 49.6 Å². The molecule has 4 aromatic rings. The highest BCUT2D eigenvalue weighted by Gasteiger charge is 2.44. The van der Waals surface area contributed by atoms with Gasteiger partial charge >= 0.3 is 0 Å². The SMILES string of the molecule is Cc1cccc(CC(=O)Nc2nnc([C@H]3CCC[C@H](c4nnc(NC(=O)Cc5cccc(N6CC(F)(F)C6)n5)s4)C3)s2)c1. The first-order valence-corrected chi connectivity index (χ1v) is 15.7. The first-order valence-electron chi connectivity index (χ1n) is 14.1. The van der Waals surface area contributed by atoms with E-state index in [0.29, 0.717) is 21.8 Å². The second-order valence-electron chi connectivity index (χ2n) is 11.1. The summed E-state index contributed by atoms with van der Waals surface area (Å²) in [5.74, 6) is -2.30. The van der Waals surface area contributed by atoms with Crippen molar-refractivity contribution in [3.05, 3.63) is 69.3 Å². The fourth-order valence-electron chi connectivity index (χ4n) is 5.45. The summed E-state index contributed by atoms with van der Waals surface area (Å²) in [7, 11) is 0. The maximum Gasteiger partial charge on any atom is 0.282 e. The van der Waals surface area contributed by atoms with Gasteiger partial charge in [0.25, 0.3) is 5.92 Å². The number of carbonyl (C=O) groups excluding carboxylic acids is 2. The predicted octanol–water partition coefficient (Wildman–Crippen LogP) is 5.35. The Kier molecular flexibility index (Phi) is 8.39. The average molecular weight is 625 g/mol. The Morgan fingerprint density at radius 3 is 2.16 bits per heavy atom. The Labute approximate surface area is 255 Å². The Balaban J connectivity index is 1.01. The Hall–Kier alpha value is -3.91. The van der Waals surface area contributed by atoms with Gasteiger partial charge in [-0.1, -0.05) is 65.0 Å². The standard InChI is InChI=1S/C29H30F2N8O2S2/c1-17-5-2-6-18(11-17)12-23(40)33-27-37-35-25(42-27)19-7-3-8-20(13-19)26-36-38-28(43-26)34-24(41)14-21-9-4-10-22(32-21)39-15-29(30,31)16-39/h2,4-6,9-11,19-20H,3,7-8,12-16H2,1H3,(H,33,37,40)(H,34,38,41)/t19-,20-/m0/s1. The highest BCUT2D eigenvalue weighted by Crippen LogP contribution is 2.43. The number of alkyl halides is 2. The fourth-order valence-corrected chi connectivity index (χ4v) is 7.27. The van der Waals surface area contributed by atoms with Gasteiger partial charge in [-0.3, -0.25) is 9.59 Å². The molecule has 2 atom stereocenters. The molecule has 0 spiro atoms. The van der Waals surface area contributed by atoms with E-state index < -0.39 is 5.92 Å². The molecule has 1 saturated carbocycles. The van der Waals surface area contributed by atoms with Gasteiger partial charge in [-0.15, -0.1) is 20.4 Å². The molecule has 224 valence electrons. The Morgan fingerprint density at radius 1 is 0.907 bits per heavy atom. The molecule has 4 heterocycles. The molecule has 10 nitrogen and oxygen atoms in total. The second-order valence-corrected chi connectivity index (χ2v) is 13.1. The number of pyridine rings is 1. The van der Waals surface area contributed by atoms with Crippen molar-refractivity contribution in [2.24, 2.45) is 0 Å². The van der Waals surface area contributed by atoms with E-state index in [1.54, 1.807) is 18.2 Å². The third-order valence-corrected chi connectivity index (χ3v) is 9.50. The number of nitrogens with zero attached hydrogens (tertiary/aromatic N) is 6. The van der Waals surface area contributed by atoms with Crippen LogP contribution in [-0.4, -0.2) is 56.2 Å². The van der Waals surface area contributed by atoms with Gasteiger partial charge in [0.15, 0.2) is 0 Å². The van der Waals surface area contributed by atoms with E-state index in [1.165, 1.54) is 27.6 Å². The minimum atomic E-state index is -2.69. The van der Waals surface area contributed by atoms with Crippen LogP contribution >= 0.6 is 22.7 Å². The number of carbonyl (C=O) groups is 2. The van der Waals surface area contributed by atoms with Crippen molar-refractivity contribution in [3.8, 4) is 0 Å². The zero-order chi connectivity index (χ0) is 30.0. The molecule has 2 fully saturated rings. The molecule has 0 radical (unpaired) electrons. The van der Waals surface area contributed by atoms with Crippen LogP contribution < -0.4 is 15.5 Å². The van der Waals surface area contributed by atoms with Crippen LogP contribution in [0, 0.1) is 6.92 Å². The largest absolute Gasteiger partial charge is 0.344 e. The van der Waals surface area contributed by atoms with E-state index >= 15 is 0 Å². The van der Waals surface area contributed by atoms with Crippen molar-refractivity contribution >= 4 is 50.6 Å². The zero-order valence-corrected chi connectivity index (χ0v) is 25.1. The van der Waals surface area contributed by atoms with E-state index in [0.717, 1.165) is 46.8 Å². The molecule has 2 amide bonds. The summed E-state index contributed by atoms with van der Waals surface area (Å²) in [4.78, 5) is 31.1. The maximum absolute atomic E-state index is 13.2. The van der Waals surface area contributed by atoms with Gasteiger partial charge in [-0.25, -0.2) is 13.8 Å². The minimum Gasteiger partial charge on any atom is -0.344 e. The number of aryl methyl sites for hydroxylation is 1. The van der Waals surface area contributed by atoms with Crippen molar-refractivity contribution in [1.82, 2.24) is 25.4 Å². The smallest absolute Gasteiger partial charge is 0.282 e. The lowest BCUT2D eigenvalue weighted by atomic mass is 9.82. The molecular formula is C29H30F2N8O2S2. The molecule has 0 unspecified atom stereocenters. The van der Waals surface area contributed by atoms with Gasteiger partial charge in [-0.2, -0.15) is 0 Å². The van der Waals surface area contributed by atoms with Gasteiger partial charge in [0.2, 0.25) is 22.1 Å². The summed E-state index contributed by atoms with van der Waals surface area (Å²) in [5, 5.41) is 25.5. The normalized spacial score (nSPS) is 19.5.